The normalized spacial score (nSPS) is 14.2. The number of nitrogens with one attached hydrogen (secondary N) is 1. The number of nitrogens with zero attached hydrogens (tertiary/aromatic N) is 2. The topological polar surface area (TPSA) is 50.8 Å². The van der Waals surface area contributed by atoms with Gasteiger partial charge in [-0.15, -0.1) is 0 Å². The minimum Gasteiger partial charge on any atom is -0.358 e. The molecule has 2 aromatic carbocycles. The molecule has 1 N–H and O–H groups in total. The maximum absolute atomic E-state index is 14.0. The number of ether oxygens (including phenoxy) is 1. The first-order valence-corrected chi connectivity index (χ1v) is 8.10. The Balaban J connectivity index is 1.92. The highest BCUT2D eigenvalue weighted by atomic mass is 19.4. The zero-order valence-electron chi connectivity index (χ0n) is 14.1. The van der Waals surface area contributed by atoms with Crippen molar-refractivity contribution in [3.63, 3.8) is 0 Å². The van der Waals surface area contributed by atoms with Crippen molar-refractivity contribution >= 4 is 0 Å². The second kappa shape index (κ2) is 7.29. The Kier molecular flexibility index (Phi) is 5.08. The minimum atomic E-state index is -4.72. The van der Waals surface area contributed by atoms with Gasteiger partial charge in [-0.05, 0) is 12.0 Å². The summed E-state index contributed by atoms with van der Waals surface area (Å²) >= 11 is 0. The van der Waals surface area contributed by atoms with Crippen LogP contribution < -0.4 is 0 Å². The number of benzene rings is 2. The van der Waals surface area contributed by atoms with E-state index in [0.29, 0.717) is 18.7 Å². The van der Waals surface area contributed by atoms with Gasteiger partial charge in [0.15, 0.2) is 5.82 Å². The first kappa shape index (κ1) is 18.1. The highest BCUT2D eigenvalue weighted by Crippen LogP contribution is 2.45. The van der Waals surface area contributed by atoms with Crippen LogP contribution in [0.5, 0.6) is 0 Å². The summed E-state index contributed by atoms with van der Waals surface area (Å²) in [4.78, 5) is 4.10. The third kappa shape index (κ3) is 3.35. The molecule has 26 heavy (non-hydrogen) atoms. The molecule has 0 aliphatic carbocycles. The van der Waals surface area contributed by atoms with Crippen LogP contribution in [0, 0.1) is 0 Å². The molecule has 0 radical (unpaired) electrons. The largest absolute Gasteiger partial charge is 0.429 e. The second-order valence-electron chi connectivity index (χ2n) is 5.84. The summed E-state index contributed by atoms with van der Waals surface area (Å²) in [7, 11) is 1.01. The molecule has 0 bridgehead atoms. The Labute approximate surface area is 149 Å². The standard InChI is InChI=1S/C19H18F3N3O/c1-26-18(19(20,21)22,15-10-6-3-7-11-15)17-23-16(24-25-17)13-12-14-8-4-2-5-9-14/h2-11H,12-13H2,1H3,(H,23,24,25)/t18-/m0/s1. The van der Waals surface area contributed by atoms with E-state index in [0.717, 1.165) is 12.7 Å². The molecule has 1 aromatic heterocycles. The average Bonchev–Trinajstić information content (AvgIpc) is 3.11. The molecule has 0 unspecified atom stereocenters. The van der Waals surface area contributed by atoms with Crippen molar-refractivity contribution < 1.29 is 17.9 Å². The van der Waals surface area contributed by atoms with Crippen LogP contribution in [-0.2, 0) is 23.2 Å². The first-order valence-electron chi connectivity index (χ1n) is 8.10. The van der Waals surface area contributed by atoms with Crippen molar-refractivity contribution in [1.82, 2.24) is 15.2 Å². The van der Waals surface area contributed by atoms with Crippen molar-refractivity contribution in [2.45, 2.75) is 24.6 Å². The van der Waals surface area contributed by atoms with Crippen LogP contribution in [0.25, 0.3) is 0 Å². The molecule has 0 spiro atoms. The molecular formula is C19H18F3N3O. The molecule has 0 aliphatic heterocycles. The lowest BCUT2D eigenvalue weighted by Crippen LogP contribution is -2.46. The van der Waals surface area contributed by atoms with Crippen LogP contribution in [0.2, 0.25) is 0 Å². The van der Waals surface area contributed by atoms with Gasteiger partial charge in [0.25, 0.3) is 0 Å². The van der Waals surface area contributed by atoms with Gasteiger partial charge in [-0.2, -0.15) is 18.3 Å². The number of rotatable bonds is 6. The third-order valence-corrected chi connectivity index (χ3v) is 4.23. The molecular weight excluding hydrogens is 343 g/mol. The van der Waals surface area contributed by atoms with E-state index >= 15 is 0 Å². The van der Waals surface area contributed by atoms with Crippen molar-refractivity contribution in [3.8, 4) is 0 Å². The number of aromatic nitrogens is 3. The molecule has 4 nitrogen and oxygen atoms in total. The molecule has 0 fully saturated rings. The number of aryl methyl sites for hydroxylation is 2. The number of methoxy groups -OCH3 is 1. The number of H-pyrrole nitrogens is 1. The van der Waals surface area contributed by atoms with Gasteiger partial charge >= 0.3 is 6.18 Å². The Morgan fingerprint density at radius 2 is 1.54 bits per heavy atom. The number of hydrogen-bond donors (Lipinski definition) is 1. The molecule has 1 heterocycles. The predicted octanol–water partition coefficient (Wildman–Crippen LogP) is 4.04. The smallest absolute Gasteiger partial charge is 0.358 e. The number of alkyl halides is 3. The zero-order valence-corrected chi connectivity index (χ0v) is 14.1. The van der Waals surface area contributed by atoms with E-state index in [1.165, 1.54) is 24.3 Å². The highest BCUT2D eigenvalue weighted by molar-refractivity contribution is 5.32. The lowest BCUT2D eigenvalue weighted by atomic mass is 9.92. The van der Waals surface area contributed by atoms with Crippen LogP contribution in [0.15, 0.2) is 60.7 Å². The summed E-state index contributed by atoms with van der Waals surface area (Å²) in [5, 5.41) is 6.45. The fourth-order valence-corrected chi connectivity index (χ4v) is 2.89. The maximum Gasteiger partial charge on any atom is 0.429 e. The van der Waals surface area contributed by atoms with E-state index in [1.807, 2.05) is 30.3 Å². The van der Waals surface area contributed by atoms with Crippen molar-refractivity contribution in [2.24, 2.45) is 0 Å². The van der Waals surface area contributed by atoms with Gasteiger partial charge in [-0.25, -0.2) is 4.98 Å². The Morgan fingerprint density at radius 1 is 0.923 bits per heavy atom. The first-order chi connectivity index (χ1) is 12.5. The van der Waals surface area contributed by atoms with Crippen molar-refractivity contribution in [2.75, 3.05) is 7.11 Å². The molecule has 3 rings (SSSR count). The lowest BCUT2D eigenvalue weighted by Gasteiger charge is -2.32. The summed E-state index contributed by atoms with van der Waals surface area (Å²) in [6, 6.07) is 17.1. The number of halogens is 3. The molecule has 7 heteroatoms. The van der Waals surface area contributed by atoms with E-state index in [4.69, 9.17) is 4.74 Å². The minimum absolute atomic E-state index is 0.0661. The third-order valence-electron chi connectivity index (χ3n) is 4.23. The van der Waals surface area contributed by atoms with Crippen molar-refractivity contribution in [1.29, 1.82) is 0 Å². The molecule has 136 valence electrons. The fraction of sp³-hybridized carbons (Fsp3) is 0.263. The molecule has 3 aromatic rings. The summed E-state index contributed by atoms with van der Waals surface area (Å²) in [6.45, 7) is 0. The Hall–Kier alpha value is -2.67. The summed E-state index contributed by atoms with van der Waals surface area (Å²) < 4.78 is 46.9. The van der Waals surface area contributed by atoms with E-state index < -0.39 is 17.6 Å². The van der Waals surface area contributed by atoms with Gasteiger partial charge in [0.05, 0.1) is 0 Å². The van der Waals surface area contributed by atoms with Gasteiger partial charge in [-0.3, -0.25) is 5.10 Å². The molecule has 1 atom stereocenters. The molecule has 0 aliphatic rings. The zero-order chi connectivity index (χ0) is 18.6. The predicted molar refractivity (Wildman–Crippen MR) is 90.5 cm³/mol. The van der Waals surface area contributed by atoms with Crippen LogP contribution >= 0.6 is 0 Å². The van der Waals surface area contributed by atoms with Gasteiger partial charge in [0.1, 0.15) is 5.82 Å². The number of hydrogen-bond acceptors (Lipinski definition) is 3. The highest BCUT2D eigenvalue weighted by Gasteiger charge is 2.61. The van der Waals surface area contributed by atoms with Crippen LogP contribution in [0.4, 0.5) is 13.2 Å². The Bertz CT molecular complexity index is 834. The van der Waals surface area contributed by atoms with E-state index in [2.05, 4.69) is 15.2 Å². The van der Waals surface area contributed by atoms with Crippen LogP contribution in [0.3, 0.4) is 0 Å². The molecule has 0 saturated carbocycles. The maximum atomic E-state index is 14.0. The van der Waals surface area contributed by atoms with Crippen LogP contribution in [-0.4, -0.2) is 28.5 Å². The summed E-state index contributed by atoms with van der Waals surface area (Å²) in [5.74, 6) is -0.0628. The quantitative estimate of drug-likeness (QED) is 0.721. The van der Waals surface area contributed by atoms with Gasteiger partial charge in [-0.1, -0.05) is 60.7 Å². The van der Waals surface area contributed by atoms with Gasteiger partial charge in [0, 0.05) is 19.1 Å². The molecule has 0 amide bonds. The van der Waals surface area contributed by atoms with Gasteiger partial charge < -0.3 is 4.74 Å². The van der Waals surface area contributed by atoms with Gasteiger partial charge in [0.2, 0.25) is 5.60 Å². The summed E-state index contributed by atoms with van der Waals surface area (Å²) in [5.41, 5.74) is -1.71. The Morgan fingerprint density at radius 3 is 2.12 bits per heavy atom. The molecule has 0 saturated heterocycles. The second-order valence-corrected chi connectivity index (χ2v) is 5.84. The van der Waals surface area contributed by atoms with E-state index in [-0.39, 0.29) is 5.56 Å². The van der Waals surface area contributed by atoms with Crippen molar-refractivity contribution in [3.05, 3.63) is 83.4 Å². The van der Waals surface area contributed by atoms with Crippen LogP contribution in [0.1, 0.15) is 22.8 Å². The number of aromatic amines is 1. The summed E-state index contributed by atoms with van der Waals surface area (Å²) in [6.07, 6.45) is -3.63. The SMILES string of the molecule is CO[C@@](c1ccccc1)(c1n[nH]c(CCc2ccccc2)n1)C(F)(F)F. The fourth-order valence-electron chi connectivity index (χ4n) is 2.89. The average molecular weight is 361 g/mol. The monoisotopic (exact) mass is 361 g/mol. The lowest BCUT2D eigenvalue weighted by molar-refractivity contribution is -0.261. The van der Waals surface area contributed by atoms with E-state index in [9.17, 15) is 13.2 Å². The van der Waals surface area contributed by atoms with E-state index in [1.54, 1.807) is 6.07 Å².